The van der Waals surface area contributed by atoms with Crippen molar-refractivity contribution in [3.05, 3.63) is 24.0 Å². The molecule has 3 amide bonds. The maximum Gasteiger partial charge on any atom is 0.410 e. The predicted molar refractivity (Wildman–Crippen MR) is 132 cm³/mol. The summed E-state index contributed by atoms with van der Waals surface area (Å²) in [4.78, 5) is 39.5. The lowest BCUT2D eigenvalue weighted by Crippen LogP contribution is -2.47. The van der Waals surface area contributed by atoms with Crippen LogP contribution in [0.1, 0.15) is 59.3 Å². The summed E-state index contributed by atoms with van der Waals surface area (Å²) in [5, 5.41) is 5.34. The number of piperidine rings is 3. The van der Waals surface area contributed by atoms with Crippen molar-refractivity contribution in [2.24, 2.45) is 11.8 Å². The first-order valence-corrected chi connectivity index (χ1v) is 12.7. The number of carbonyl (C=O) groups excluding carboxylic acids is 3. The Hall–Kier alpha value is -2.84. The van der Waals surface area contributed by atoms with Gasteiger partial charge >= 0.3 is 6.09 Å². The summed E-state index contributed by atoms with van der Waals surface area (Å²) < 4.78 is 20.4. The Balaban J connectivity index is 1.25. The Morgan fingerprint density at radius 2 is 1.66 bits per heavy atom. The van der Waals surface area contributed by atoms with Crippen LogP contribution in [0.25, 0.3) is 0 Å². The molecule has 0 radical (unpaired) electrons. The molecule has 1 aromatic carbocycles. The number of ether oxygens (including phenoxy) is 1. The second-order valence-corrected chi connectivity index (χ2v) is 10.9. The maximum atomic E-state index is 15.0. The van der Waals surface area contributed by atoms with E-state index in [9.17, 15) is 18.8 Å². The highest BCUT2D eigenvalue weighted by Gasteiger charge is 2.33. The van der Waals surface area contributed by atoms with E-state index in [2.05, 4.69) is 15.5 Å². The standard InChI is InChI=1S/C26H37FN4O4/c1-26(2,3)35-25(34)31-14-10-18(11-15-31)17-8-12-30(13-9-17)22-6-4-19(16-20(22)27)28-21-5-7-23(32)29-24(21)33/h4,6,16-18,21,28H,5,7-15H2,1-3H3,(H,29,32,33). The third-order valence-electron chi connectivity index (χ3n) is 7.27. The molecule has 8 nitrogen and oxygen atoms in total. The molecule has 35 heavy (non-hydrogen) atoms. The highest BCUT2D eigenvalue weighted by molar-refractivity contribution is 6.01. The molecular formula is C26H37FN4O4. The van der Waals surface area contributed by atoms with E-state index in [0.29, 0.717) is 29.6 Å². The van der Waals surface area contributed by atoms with Gasteiger partial charge in [0.25, 0.3) is 0 Å². The molecule has 192 valence electrons. The van der Waals surface area contributed by atoms with Crippen molar-refractivity contribution in [3.8, 4) is 0 Å². The topological polar surface area (TPSA) is 91.0 Å². The van der Waals surface area contributed by atoms with Gasteiger partial charge < -0.3 is 19.9 Å². The van der Waals surface area contributed by atoms with Gasteiger partial charge in [0, 0.05) is 38.3 Å². The van der Waals surface area contributed by atoms with E-state index in [1.54, 1.807) is 12.1 Å². The van der Waals surface area contributed by atoms with Crippen molar-refractivity contribution in [2.75, 3.05) is 36.4 Å². The maximum absolute atomic E-state index is 15.0. The second kappa shape index (κ2) is 10.4. The quantitative estimate of drug-likeness (QED) is 0.625. The van der Waals surface area contributed by atoms with Crippen LogP contribution in [0.5, 0.6) is 0 Å². The van der Waals surface area contributed by atoms with Crippen LogP contribution in [0.2, 0.25) is 0 Å². The first kappa shape index (κ1) is 25.3. The summed E-state index contributed by atoms with van der Waals surface area (Å²) >= 11 is 0. The molecule has 2 N–H and O–H groups in total. The first-order valence-electron chi connectivity index (χ1n) is 12.7. The first-order chi connectivity index (χ1) is 16.6. The van der Waals surface area contributed by atoms with E-state index < -0.39 is 11.6 Å². The Labute approximate surface area is 206 Å². The zero-order chi connectivity index (χ0) is 25.2. The SMILES string of the molecule is CC(C)(C)OC(=O)N1CCC(C2CCN(c3ccc(NC4CCC(=O)NC4=O)cc3F)CC2)CC1. The van der Waals surface area contributed by atoms with E-state index in [1.807, 2.05) is 25.7 Å². The van der Waals surface area contributed by atoms with Gasteiger partial charge in [-0.25, -0.2) is 9.18 Å². The molecule has 1 aromatic rings. The van der Waals surface area contributed by atoms with Crippen LogP contribution in [0.15, 0.2) is 18.2 Å². The molecule has 1 unspecified atom stereocenters. The number of nitrogens with one attached hydrogen (secondary N) is 2. The van der Waals surface area contributed by atoms with Crippen LogP contribution in [-0.2, 0) is 14.3 Å². The van der Waals surface area contributed by atoms with Crippen molar-refractivity contribution >= 4 is 29.3 Å². The molecule has 4 rings (SSSR count). The second-order valence-electron chi connectivity index (χ2n) is 10.9. The molecule has 0 bridgehead atoms. The minimum atomic E-state index is -0.532. The van der Waals surface area contributed by atoms with E-state index in [1.165, 1.54) is 6.07 Å². The summed E-state index contributed by atoms with van der Waals surface area (Å²) in [5.41, 5.74) is 0.638. The molecule has 1 atom stereocenters. The van der Waals surface area contributed by atoms with E-state index >= 15 is 0 Å². The third kappa shape index (κ3) is 6.44. The number of amides is 3. The number of carbonyl (C=O) groups is 3. The highest BCUT2D eigenvalue weighted by Crippen LogP contribution is 2.35. The van der Waals surface area contributed by atoms with Gasteiger partial charge in [-0.05, 0) is 82.9 Å². The van der Waals surface area contributed by atoms with E-state index in [0.717, 1.165) is 51.9 Å². The molecule has 0 aliphatic carbocycles. The number of hydrogen-bond acceptors (Lipinski definition) is 6. The molecule has 3 fully saturated rings. The van der Waals surface area contributed by atoms with E-state index in [4.69, 9.17) is 4.74 Å². The summed E-state index contributed by atoms with van der Waals surface area (Å²) in [6.45, 7) is 8.72. The third-order valence-corrected chi connectivity index (χ3v) is 7.27. The summed E-state index contributed by atoms with van der Waals surface area (Å²) in [6, 6.07) is 4.46. The van der Waals surface area contributed by atoms with Crippen molar-refractivity contribution in [1.82, 2.24) is 10.2 Å². The largest absolute Gasteiger partial charge is 0.444 e. The van der Waals surface area contributed by atoms with Crippen molar-refractivity contribution < 1.29 is 23.5 Å². The lowest BCUT2D eigenvalue weighted by Gasteiger charge is -2.41. The molecule has 0 spiro atoms. The molecule has 3 saturated heterocycles. The Bertz CT molecular complexity index is 947. The van der Waals surface area contributed by atoms with Gasteiger partial charge in [-0.2, -0.15) is 0 Å². The Morgan fingerprint density at radius 3 is 2.23 bits per heavy atom. The fourth-order valence-electron chi connectivity index (χ4n) is 5.38. The molecule has 0 saturated carbocycles. The van der Waals surface area contributed by atoms with Gasteiger partial charge in [0.1, 0.15) is 17.5 Å². The van der Waals surface area contributed by atoms with Crippen molar-refractivity contribution in [3.63, 3.8) is 0 Å². The van der Waals surface area contributed by atoms with Gasteiger partial charge in [-0.3, -0.25) is 14.9 Å². The zero-order valence-corrected chi connectivity index (χ0v) is 20.9. The van der Waals surface area contributed by atoms with Crippen LogP contribution in [0.4, 0.5) is 20.6 Å². The minimum absolute atomic E-state index is 0.225. The normalized spacial score (nSPS) is 22.7. The van der Waals surface area contributed by atoms with Gasteiger partial charge in [-0.15, -0.1) is 0 Å². The lowest BCUT2D eigenvalue weighted by atomic mass is 9.79. The van der Waals surface area contributed by atoms with Gasteiger partial charge in [0.2, 0.25) is 11.8 Å². The zero-order valence-electron chi connectivity index (χ0n) is 20.9. The van der Waals surface area contributed by atoms with Crippen LogP contribution >= 0.6 is 0 Å². The smallest absolute Gasteiger partial charge is 0.410 e. The number of rotatable bonds is 4. The number of anilines is 2. The molecular weight excluding hydrogens is 451 g/mol. The Kier molecular flexibility index (Phi) is 7.52. The minimum Gasteiger partial charge on any atom is -0.444 e. The number of benzene rings is 1. The van der Waals surface area contributed by atoms with Crippen LogP contribution in [0.3, 0.4) is 0 Å². The monoisotopic (exact) mass is 488 g/mol. The molecule has 0 aromatic heterocycles. The number of hydrogen-bond donors (Lipinski definition) is 2. The van der Waals surface area contributed by atoms with Gasteiger partial charge in [0.05, 0.1) is 5.69 Å². The van der Waals surface area contributed by atoms with Crippen molar-refractivity contribution in [1.29, 1.82) is 0 Å². The van der Waals surface area contributed by atoms with E-state index in [-0.39, 0.29) is 30.1 Å². The summed E-state index contributed by atoms with van der Waals surface area (Å²) in [5.74, 6) is 0.215. The van der Waals surface area contributed by atoms with Crippen LogP contribution in [-0.4, -0.2) is 60.6 Å². The van der Waals surface area contributed by atoms with Crippen molar-refractivity contribution in [2.45, 2.75) is 70.9 Å². The van der Waals surface area contributed by atoms with Gasteiger partial charge in [-0.1, -0.05) is 0 Å². The summed E-state index contributed by atoms with van der Waals surface area (Å²) in [7, 11) is 0. The molecule has 9 heteroatoms. The van der Waals surface area contributed by atoms with Gasteiger partial charge in [0.15, 0.2) is 0 Å². The number of nitrogens with zero attached hydrogens (tertiary/aromatic N) is 2. The van der Waals surface area contributed by atoms with Crippen LogP contribution < -0.4 is 15.5 Å². The van der Waals surface area contributed by atoms with Crippen LogP contribution in [0, 0.1) is 17.7 Å². The fourth-order valence-corrected chi connectivity index (χ4v) is 5.38. The highest BCUT2D eigenvalue weighted by atomic mass is 19.1. The number of likely N-dealkylation sites (tertiary alicyclic amines) is 1. The lowest BCUT2D eigenvalue weighted by molar-refractivity contribution is -0.133. The molecule has 3 heterocycles. The average Bonchev–Trinajstić information content (AvgIpc) is 2.80. The fraction of sp³-hybridized carbons (Fsp3) is 0.654. The Morgan fingerprint density at radius 1 is 1.03 bits per heavy atom. The number of imide groups is 1. The summed E-state index contributed by atoms with van der Waals surface area (Å²) in [6.07, 6.45) is 4.44. The molecule has 3 aliphatic heterocycles. The predicted octanol–water partition coefficient (Wildman–Crippen LogP) is 3.91. The number of halogens is 1. The molecule has 3 aliphatic rings. The average molecular weight is 489 g/mol.